The summed E-state index contributed by atoms with van der Waals surface area (Å²) in [6.07, 6.45) is 53.6. The maximum absolute atomic E-state index is 10.2. The molecule has 0 heterocycles. The standard InChI is InChI=1S/3C27H44O/c3*1-18(2)7-6-8-19(3)23-11-12-24-22-10-9-20-17-21(28)13-15-26(20,4)25(22)14-16-27(23,24)5/h3*7,9,19,21-25,28H,6,8,10-17H2,1-5H3/t19-,21?,22+,23-,24+,25+,26+,27-;2*19-,21+,22+,23-,24+,25+,26+,27-/m111/s1. The zero-order valence-corrected chi connectivity index (χ0v) is 57.4. The summed E-state index contributed by atoms with van der Waals surface area (Å²) in [6.45, 7) is 36.7. The van der Waals surface area contributed by atoms with E-state index in [2.05, 4.69) is 140 Å². The fourth-order valence-corrected chi connectivity index (χ4v) is 25.4. The molecule has 0 amide bonds. The molecule has 9 saturated carbocycles. The van der Waals surface area contributed by atoms with Gasteiger partial charge in [-0.3, -0.25) is 0 Å². The van der Waals surface area contributed by atoms with Crippen LogP contribution in [-0.2, 0) is 0 Å². The maximum atomic E-state index is 10.2. The predicted octanol–water partition coefficient (Wildman–Crippen LogP) is 21.9. The fourth-order valence-electron chi connectivity index (χ4n) is 25.4. The van der Waals surface area contributed by atoms with E-state index in [-0.39, 0.29) is 18.3 Å². The molecular weight excluding hydrogens is 1020 g/mol. The third kappa shape index (κ3) is 12.3. The van der Waals surface area contributed by atoms with Crippen LogP contribution in [0.1, 0.15) is 296 Å². The molecule has 0 radical (unpaired) electrons. The zero-order valence-electron chi connectivity index (χ0n) is 57.4. The second-order valence-corrected chi connectivity index (χ2v) is 35.2. The van der Waals surface area contributed by atoms with Gasteiger partial charge in [0.2, 0.25) is 0 Å². The third-order valence-corrected chi connectivity index (χ3v) is 30.0. The van der Waals surface area contributed by atoms with Gasteiger partial charge in [-0.2, -0.15) is 0 Å². The zero-order chi connectivity index (χ0) is 60.3. The molecule has 24 atom stereocenters. The van der Waals surface area contributed by atoms with E-state index >= 15 is 0 Å². The molecule has 474 valence electrons. The smallest absolute Gasteiger partial charge is 0.0577 e. The number of rotatable bonds is 12. The molecule has 12 aliphatic rings. The van der Waals surface area contributed by atoms with Crippen LogP contribution in [0.5, 0.6) is 0 Å². The molecule has 84 heavy (non-hydrogen) atoms. The lowest BCUT2D eigenvalue weighted by Crippen LogP contribution is -2.50. The largest absolute Gasteiger partial charge is 0.393 e. The monoisotopic (exact) mass is 1150 g/mol. The summed E-state index contributed by atoms with van der Waals surface area (Å²) in [7, 11) is 0. The van der Waals surface area contributed by atoms with E-state index in [9.17, 15) is 15.3 Å². The van der Waals surface area contributed by atoms with Gasteiger partial charge in [-0.15, -0.1) is 0 Å². The van der Waals surface area contributed by atoms with Crippen molar-refractivity contribution in [1.29, 1.82) is 0 Å². The van der Waals surface area contributed by atoms with E-state index in [1.54, 1.807) is 16.7 Å². The molecule has 12 aliphatic carbocycles. The van der Waals surface area contributed by atoms with Crippen molar-refractivity contribution in [2.45, 2.75) is 315 Å². The van der Waals surface area contributed by atoms with Crippen LogP contribution >= 0.6 is 0 Å². The van der Waals surface area contributed by atoms with E-state index < -0.39 is 0 Å². The molecule has 0 aromatic rings. The summed E-state index contributed by atoms with van der Waals surface area (Å²) in [4.78, 5) is 0. The van der Waals surface area contributed by atoms with Crippen LogP contribution in [0.15, 0.2) is 69.9 Å². The summed E-state index contributed by atoms with van der Waals surface area (Å²) < 4.78 is 0. The van der Waals surface area contributed by atoms with Gasteiger partial charge in [0.1, 0.15) is 0 Å². The summed E-state index contributed by atoms with van der Waals surface area (Å²) in [5.74, 6) is 13.5. The van der Waals surface area contributed by atoms with Crippen molar-refractivity contribution >= 4 is 0 Å². The van der Waals surface area contributed by atoms with Crippen molar-refractivity contribution in [3.05, 3.63) is 69.9 Å². The first-order chi connectivity index (χ1) is 39.8. The van der Waals surface area contributed by atoms with Crippen molar-refractivity contribution in [3.8, 4) is 0 Å². The Bertz CT molecular complexity index is 2190. The van der Waals surface area contributed by atoms with Crippen LogP contribution in [0.4, 0.5) is 0 Å². The number of aliphatic hydroxyl groups is 3. The first-order valence-electron chi connectivity index (χ1n) is 36.8. The SMILES string of the molecule is CC(C)=CCC[C@@H](C)[C@H]1CC[C@H]2[C@@H]3CC=C4CC(O)CC[C@]4(C)[C@H]3CC[C@]12C.CC(C)=CCC[C@@H](C)[C@H]1CC[C@H]2[C@@H]3CC=C4C[C@@H](O)CC[C@]4(C)[C@H]3CC[C@]12C.CC(C)=CCC[C@@H](C)[C@H]1CC[C@H]2[C@@H]3CC=C4C[C@@H](O)CC[C@]4(C)[C@H]3CC[C@]12C. The maximum Gasteiger partial charge on any atom is 0.0577 e. The molecule has 9 fully saturated rings. The molecule has 0 saturated heterocycles. The summed E-state index contributed by atoms with van der Waals surface area (Å²) in [6, 6.07) is 0. The molecule has 1 unspecified atom stereocenters. The molecule has 0 aromatic carbocycles. The molecule has 0 aliphatic heterocycles. The molecule has 0 aromatic heterocycles. The van der Waals surface area contributed by atoms with Gasteiger partial charge in [0.05, 0.1) is 18.3 Å². The Labute approximate surface area is 518 Å². The lowest BCUT2D eigenvalue weighted by molar-refractivity contribution is -0.0571. The second-order valence-electron chi connectivity index (χ2n) is 35.2. The molecule has 0 bridgehead atoms. The fraction of sp³-hybridized carbons (Fsp3) is 0.852. The van der Waals surface area contributed by atoms with Crippen LogP contribution in [0.3, 0.4) is 0 Å². The Morgan fingerprint density at radius 3 is 0.893 bits per heavy atom. The first kappa shape index (κ1) is 65.3. The Hall–Kier alpha value is -1.68. The summed E-state index contributed by atoms with van der Waals surface area (Å²) >= 11 is 0. The number of allylic oxidation sites excluding steroid dienone is 9. The Kier molecular flexibility index (Phi) is 20.1. The van der Waals surface area contributed by atoms with E-state index in [1.165, 1.54) is 171 Å². The molecule has 0 spiro atoms. The van der Waals surface area contributed by atoms with Crippen LogP contribution in [-0.4, -0.2) is 33.6 Å². The van der Waals surface area contributed by atoms with Crippen molar-refractivity contribution in [3.63, 3.8) is 0 Å². The topological polar surface area (TPSA) is 60.7 Å². The van der Waals surface area contributed by atoms with Crippen LogP contribution in [0.2, 0.25) is 0 Å². The van der Waals surface area contributed by atoms with Gasteiger partial charge >= 0.3 is 0 Å². The van der Waals surface area contributed by atoms with Crippen molar-refractivity contribution in [2.75, 3.05) is 0 Å². The van der Waals surface area contributed by atoms with Gasteiger partial charge in [0.25, 0.3) is 0 Å². The van der Waals surface area contributed by atoms with E-state index in [1.807, 2.05) is 0 Å². The molecular formula is C81H132O3. The van der Waals surface area contributed by atoms with E-state index in [4.69, 9.17) is 0 Å². The van der Waals surface area contributed by atoms with Crippen LogP contribution < -0.4 is 0 Å². The molecule has 3 nitrogen and oxygen atoms in total. The minimum absolute atomic E-state index is 0.0813. The highest BCUT2D eigenvalue weighted by molar-refractivity contribution is 5.28. The lowest BCUT2D eigenvalue weighted by atomic mass is 9.47. The van der Waals surface area contributed by atoms with E-state index in [0.29, 0.717) is 32.5 Å². The predicted molar refractivity (Wildman–Crippen MR) is 357 cm³/mol. The Balaban J connectivity index is 0.000000140. The minimum Gasteiger partial charge on any atom is -0.393 e. The third-order valence-electron chi connectivity index (χ3n) is 30.0. The Morgan fingerprint density at radius 1 is 0.381 bits per heavy atom. The van der Waals surface area contributed by atoms with Gasteiger partial charge in [-0.05, 0) is 355 Å². The second kappa shape index (κ2) is 25.9. The van der Waals surface area contributed by atoms with Crippen LogP contribution in [0.25, 0.3) is 0 Å². The van der Waals surface area contributed by atoms with Gasteiger partial charge in [-0.1, -0.05) is 132 Å². The van der Waals surface area contributed by atoms with E-state index in [0.717, 1.165) is 127 Å². The molecule has 12 rings (SSSR count). The van der Waals surface area contributed by atoms with Crippen molar-refractivity contribution < 1.29 is 15.3 Å². The quantitative estimate of drug-likeness (QED) is 0.171. The summed E-state index contributed by atoms with van der Waals surface area (Å²) in [5.41, 5.74) is 12.1. The highest BCUT2D eigenvalue weighted by atomic mass is 16.3. The van der Waals surface area contributed by atoms with Gasteiger partial charge in [0, 0.05) is 0 Å². The first-order valence-corrected chi connectivity index (χ1v) is 36.8. The highest BCUT2D eigenvalue weighted by Crippen LogP contribution is 2.71. The van der Waals surface area contributed by atoms with Gasteiger partial charge in [0.15, 0.2) is 0 Å². The van der Waals surface area contributed by atoms with Crippen molar-refractivity contribution in [2.24, 2.45) is 121 Å². The normalized spacial score (nSPS) is 46.1. The Morgan fingerprint density at radius 2 is 0.643 bits per heavy atom. The number of aliphatic hydroxyl groups excluding tert-OH is 3. The van der Waals surface area contributed by atoms with Gasteiger partial charge < -0.3 is 15.3 Å². The lowest BCUT2D eigenvalue weighted by Gasteiger charge is -2.58. The number of hydrogen-bond acceptors (Lipinski definition) is 3. The highest BCUT2D eigenvalue weighted by Gasteiger charge is 2.62. The van der Waals surface area contributed by atoms with Crippen molar-refractivity contribution in [1.82, 2.24) is 0 Å². The van der Waals surface area contributed by atoms with Gasteiger partial charge in [-0.25, -0.2) is 0 Å². The number of hydrogen-bond donors (Lipinski definition) is 3. The minimum atomic E-state index is -0.0813. The van der Waals surface area contributed by atoms with Crippen LogP contribution in [0, 0.1) is 121 Å². The number of fused-ring (bicyclic) bond motifs is 15. The average molecular weight is 1150 g/mol. The molecule has 3 heteroatoms. The summed E-state index contributed by atoms with van der Waals surface area (Å²) in [5, 5.41) is 30.6. The molecule has 3 N–H and O–H groups in total. The average Bonchev–Trinajstić information content (AvgIpc) is 1.43.